The van der Waals surface area contributed by atoms with Gasteiger partial charge >= 0.3 is 6.18 Å². The number of halogens is 3. The number of amides is 1. The van der Waals surface area contributed by atoms with Crippen LogP contribution in [-0.4, -0.2) is 22.0 Å². The summed E-state index contributed by atoms with van der Waals surface area (Å²) in [6.07, 6.45) is -4.30. The van der Waals surface area contributed by atoms with Crippen LogP contribution >= 0.6 is 11.3 Å². The predicted octanol–water partition coefficient (Wildman–Crippen LogP) is 3.40. The van der Waals surface area contributed by atoms with E-state index in [-0.39, 0.29) is 11.0 Å². The fraction of sp³-hybridized carbons (Fsp3) is 0.278. The first-order valence-electron chi connectivity index (χ1n) is 8.17. The highest BCUT2D eigenvalue weighted by Gasteiger charge is 2.38. The minimum Gasteiger partial charge on any atom is -0.354 e. The molecule has 2 heterocycles. The van der Waals surface area contributed by atoms with E-state index in [1.165, 1.54) is 25.1 Å². The van der Waals surface area contributed by atoms with Gasteiger partial charge in [-0.3, -0.25) is 14.2 Å². The number of thiophene rings is 1. The number of alkyl halides is 3. The number of carbonyl (C=O) groups is 1. The van der Waals surface area contributed by atoms with Gasteiger partial charge in [-0.2, -0.15) is 13.2 Å². The lowest BCUT2D eigenvalue weighted by molar-refractivity contribution is -0.142. The molecule has 1 amide bonds. The Labute approximate surface area is 156 Å². The molecule has 0 fully saturated rings. The first kappa shape index (κ1) is 19.1. The molecular weight excluding hydrogens is 379 g/mol. The van der Waals surface area contributed by atoms with E-state index >= 15 is 0 Å². The van der Waals surface area contributed by atoms with Crippen LogP contribution in [-0.2, 0) is 17.4 Å². The van der Waals surface area contributed by atoms with Crippen molar-refractivity contribution in [3.05, 3.63) is 62.7 Å². The number of fused-ring (bicyclic) bond motifs is 1. The second-order valence-electron chi connectivity index (χ2n) is 5.92. The third-order valence-electron chi connectivity index (χ3n) is 4.08. The van der Waals surface area contributed by atoms with Crippen LogP contribution in [0.25, 0.3) is 11.0 Å². The highest BCUT2D eigenvalue weighted by molar-refractivity contribution is 7.09. The van der Waals surface area contributed by atoms with Gasteiger partial charge in [0.05, 0.1) is 11.0 Å². The third kappa shape index (κ3) is 4.02. The SMILES string of the molecule is C[C@H](C(=O)NCCc1cccs1)n1c(=O)c(C(F)(F)F)nc2ccccc21. The van der Waals surface area contributed by atoms with E-state index in [0.29, 0.717) is 13.0 Å². The van der Waals surface area contributed by atoms with Crippen LogP contribution in [0, 0.1) is 0 Å². The summed E-state index contributed by atoms with van der Waals surface area (Å²) in [5.74, 6) is -0.530. The van der Waals surface area contributed by atoms with Crippen LogP contribution in [0.5, 0.6) is 0 Å². The first-order chi connectivity index (χ1) is 12.8. The average Bonchev–Trinajstić information content (AvgIpc) is 3.13. The van der Waals surface area contributed by atoms with E-state index < -0.39 is 29.4 Å². The van der Waals surface area contributed by atoms with Crippen molar-refractivity contribution in [1.82, 2.24) is 14.9 Å². The summed E-state index contributed by atoms with van der Waals surface area (Å²) in [4.78, 5) is 29.4. The molecule has 3 aromatic rings. The van der Waals surface area contributed by atoms with Crippen LogP contribution in [0.2, 0.25) is 0 Å². The molecule has 0 saturated carbocycles. The van der Waals surface area contributed by atoms with Crippen molar-refractivity contribution in [1.29, 1.82) is 0 Å². The molecular formula is C18H16F3N3O2S. The molecule has 0 aliphatic heterocycles. The molecule has 9 heteroatoms. The lowest BCUT2D eigenvalue weighted by Gasteiger charge is -2.19. The van der Waals surface area contributed by atoms with Gasteiger partial charge in [0.25, 0.3) is 5.56 Å². The number of benzene rings is 1. The molecule has 0 spiro atoms. The van der Waals surface area contributed by atoms with Crippen LogP contribution in [0.4, 0.5) is 13.2 Å². The molecule has 0 unspecified atom stereocenters. The molecule has 1 N–H and O–H groups in total. The van der Waals surface area contributed by atoms with E-state index in [1.807, 2.05) is 17.5 Å². The molecule has 0 bridgehead atoms. The van der Waals surface area contributed by atoms with E-state index in [0.717, 1.165) is 9.44 Å². The van der Waals surface area contributed by atoms with Crippen molar-refractivity contribution >= 4 is 28.3 Å². The van der Waals surface area contributed by atoms with E-state index in [4.69, 9.17) is 0 Å². The highest BCUT2D eigenvalue weighted by atomic mass is 32.1. The summed E-state index contributed by atoms with van der Waals surface area (Å²) in [6.45, 7) is 1.72. The maximum Gasteiger partial charge on any atom is 0.438 e. The smallest absolute Gasteiger partial charge is 0.354 e. The molecule has 27 heavy (non-hydrogen) atoms. The number of aromatic nitrogens is 2. The van der Waals surface area contributed by atoms with Gasteiger partial charge in [-0.25, -0.2) is 4.98 Å². The van der Waals surface area contributed by atoms with Crippen molar-refractivity contribution in [3.8, 4) is 0 Å². The third-order valence-corrected chi connectivity index (χ3v) is 5.02. The van der Waals surface area contributed by atoms with E-state index in [1.54, 1.807) is 17.4 Å². The zero-order chi connectivity index (χ0) is 19.6. The van der Waals surface area contributed by atoms with Crippen LogP contribution < -0.4 is 10.9 Å². The highest BCUT2D eigenvalue weighted by Crippen LogP contribution is 2.27. The molecule has 142 valence electrons. The Morgan fingerprint density at radius 3 is 2.67 bits per heavy atom. The zero-order valence-corrected chi connectivity index (χ0v) is 15.1. The van der Waals surface area contributed by atoms with Gasteiger partial charge in [0.2, 0.25) is 11.6 Å². The van der Waals surface area contributed by atoms with Gasteiger partial charge in [0, 0.05) is 11.4 Å². The normalized spacial score (nSPS) is 12.9. The lowest BCUT2D eigenvalue weighted by Crippen LogP contribution is -2.39. The number of carbonyl (C=O) groups excluding carboxylic acids is 1. The van der Waals surface area contributed by atoms with Crippen LogP contribution in [0.15, 0.2) is 46.6 Å². The van der Waals surface area contributed by atoms with Gasteiger partial charge in [-0.05, 0) is 36.9 Å². The Hall–Kier alpha value is -2.68. The Morgan fingerprint density at radius 2 is 2.00 bits per heavy atom. The summed E-state index contributed by atoms with van der Waals surface area (Å²) in [5, 5.41) is 4.59. The van der Waals surface area contributed by atoms with Gasteiger partial charge in [-0.1, -0.05) is 18.2 Å². The number of hydrogen-bond donors (Lipinski definition) is 1. The quantitative estimate of drug-likeness (QED) is 0.720. The van der Waals surface area contributed by atoms with Crippen LogP contribution in [0.1, 0.15) is 23.5 Å². The maximum absolute atomic E-state index is 13.2. The summed E-state index contributed by atoms with van der Waals surface area (Å²) in [5.41, 5.74) is -2.68. The summed E-state index contributed by atoms with van der Waals surface area (Å²) in [7, 11) is 0. The second kappa shape index (κ2) is 7.51. The van der Waals surface area contributed by atoms with Crippen molar-refractivity contribution in [2.45, 2.75) is 25.6 Å². The molecule has 0 radical (unpaired) electrons. The largest absolute Gasteiger partial charge is 0.438 e. The van der Waals surface area contributed by atoms with Gasteiger partial charge in [0.15, 0.2) is 0 Å². The Balaban J connectivity index is 1.93. The fourth-order valence-electron chi connectivity index (χ4n) is 2.75. The number of nitrogens with one attached hydrogen (secondary N) is 1. The van der Waals surface area contributed by atoms with E-state index in [2.05, 4.69) is 10.3 Å². The molecule has 2 aromatic heterocycles. The number of para-hydroxylation sites is 2. The molecule has 0 aliphatic carbocycles. The van der Waals surface area contributed by atoms with Gasteiger partial charge in [0.1, 0.15) is 6.04 Å². The zero-order valence-electron chi connectivity index (χ0n) is 14.3. The molecule has 1 atom stereocenters. The average molecular weight is 395 g/mol. The Morgan fingerprint density at radius 1 is 1.26 bits per heavy atom. The lowest BCUT2D eigenvalue weighted by atomic mass is 10.2. The van der Waals surface area contributed by atoms with Gasteiger partial charge < -0.3 is 5.32 Å². The topological polar surface area (TPSA) is 64.0 Å². The summed E-state index contributed by atoms with van der Waals surface area (Å²) in [6, 6.07) is 8.66. The maximum atomic E-state index is 13.2. The Kier molecular flexibility index (Phi) is 5.31. The number of nitrogens with zero attached hydrogens (tertiary/aromatic N) is 2. The van der Waals surface area contributed by atoms with Gasteiger partial charge in [-0.15, -0.1) is 11.3 Å². The van der Waals surface area contributed by atoms with Crippen molar-refractivity contribution < 1.29 is 18.0 Å². The second-order valence-corrected chi connectivity index (χ2v) is 6.95. The fourth-order valence-corrected chi connectivity index (χ4v) is 3.46. The summed E-state index contributed by atoms with van der Waals surface area (Å²) < 4.78 is 40.5. The monoisotopic (exact) mass is 395 g/mol. The molecule has 1 aromatic carbocycles. The number of hydrogen-bond acceptors (Lipinski definition) is 4. The number of rotatable bonds is 5. The first-order valence-corrected chi connectivity index (χ1v) is 9.05. The predicted molar refractivity (Wildman–Crippen MR) is 96.7 cm³/mol. The van der Waals surface area contributed by atoms with Crippen molar-refractivity contribution in [3.63, 3.8) is 0 Å². The van der Waals surface area contributed by atoms with Crippen LogP contribution in [0.3, 0.4) is 0 Å². The molecule has 0 aliphatic rings. The van der Waals surface area contributed by atoms with Crippen molar-refractivity contribution in [2.75, 3.05) is 6.54 Å². The minimum absolute atomic E-state index is 0.00246. The Bertz CT molecular complexity index is 1010. The van der Waals surface area contributed by atoms with Crippen molar-refractivity contribution in [2.24, 2.45) is 0 Å². The molecule has 3 rings (SSSR count). The molecule has 0 saturated heterocycles. The molecule has 5 nitrogen and oxygen atoms in total. The minimum atomic E-state index is -4.90. The standard InChI is InChI=1S/C18H16F3N3O2S/c1-11(16(25)22-9-8-12-5-4-10-27-12)24-14-7-3-2-6-13(14)23-15(17(24)26)18(19,20)21/h2-7,10-11H,8-9H2,1H3,(H,22,25)/t11-/m1/s1. The van der Waals surface area contributed by atoms with E-state index in [9.17, 15) is 22.8 Å². The summed E-state index contributed by atoms with van der Waals surface area (Å²) >= 11 is 1.55.